The number of rotatable bonds is 3. The Kier molecular flexibility index (Phi) is 4.64. The minimum absolute atomic E-state index is 0.101. The summed E-state index contributed by atoms with van der Waals surface area (Å²) < 4.78 is 0. The van der Waals surface area contributed by atoms with E-state index in [9.17, 15) is 4.79 Å². The summed E-state index contributed by atoms with van der Waals surface area (Å²) in [6.45, 7) is 4.96. The number of carbonyl (C=O) groups excluding carboxylic acids is 1. The first kappa shape index (κ1) is 16.2. The lowest BCUT2D eigenvalue weighted by Crippen LogP contribution is -2.49. The second kappa shape index (κ2) is 6.86. The molecular formula is C18H23N5O. The van der Waals surface area contributed by atoms with Gasteiger partial charge in [-0.3, -0.25) is 4.79 Å². The standard InChI is InChI=1S/C18H23N5O/c1-14-4-6-15(7-5-14)18(24)23-12-10-22(11-13-23)17-9-8-16(19-20-17)21(2)3/h4-9H,10-13H2,1-3H3. The van der Waals surface area contributed by atoms with Crippen molar-refractivity contribution < 1.29 is 4.79 Å². The van der Waals surface area contributed by atoms with Gasteiger partial charge in [0.15, 0.2) is 11.6 Å². The third kappa shape index (κ3) is 3.48. The Morgan fingerprint density at radius 2 is 1.62 bits per heavy atom. The predicted molar refractivity (Wildman–Crippen MR) is 95.7 cm³/mol. The summed E-state index contributed by atoms with van der Waals surface area (Å²) >= 11 is 0. The summed E-state index contributed by atoms with van der Waals surface area (Å²) in [5.41, 5.74) is 1.92. The van der Waals surface area contributed by atoms with Crippen molar-refractivity contribution in [1.29, 1.82) is 0 Å². The van der Waals surface area contributed by atoms with Crippen molar-refractivity contribution in [2.45, 2.75) is 6.92 Å². The van der Waals surface area contributed by atoms with Crippen LogP contribution in [0.2, 0.25) is 0 Å². The van der Waals surface area contributed by atoms with Crippen LogP contribution in [0, 0.1) is 6.92 Å². The van der Waals surface area contributed by atoms with Gasteiger partial charge in [-0.2, -0.15) is 0 Å². The third-order valence-electron chi connectivity index (χ3n) is 4.28. The van der Waals surface area contributed by atoms with E-state index in [4.69, 9.17) is 0 Å². The van der Waals surface area contributed by atoms with E-state index in [0.29, 0.717) is 13.1 Å². The van der Waals surface area contributed by atoms with Gasteiger partial charge in [-0.25, -0.2) is 0 Å². The maximum absolute atomic E-state index is 12.5. The monoisotopic (exact) mass is 325 g/mol. The molecule has 0 aliphatic carbocycles. The Morgan fingerprint density at radius 3 is 2.17 bits per heavy atom. The number of aromatic nitrogens is 2. The zero-order chi connectivity index (χ0) is 17.1. The molecule has 1 aromatic heterocycles. The summed E-state index contributed by atoms with van der Waals surface area (Å²) in [6.07, 6.45) is 0. The number of amides is 1. The average Bonchev–Trinajstić information content (AvgIpc) is 2.62. The van der Waals surface area contributed by atoms with Crippen molar-refractivity contribution in [3.8, 4) is 0 Å². The summed E-state index contributed by atoms with van der Waals surface area (Å²) in [5.74, 6) is 1.80. The van der Waals surface area contributed by atoms with Gasteiger partial charge in [0.25, 0.3) is 5.91 Å². The molecule has 6 nitrogen and oxygen atoms in total. The fraction of sp³-hybridized carbons (Fsp3) is 0.389. The molecule has 0 atom stereocenters. The van der Waals surface area contributed by atoms with E-state index in [1.807, 2.05) is 67.2 Å². The molecule has 2 heterocycles. The Morgan fingerprint density at radius 1 is 0.958 bits per heavy atom. The van der Waals surface area contributed by atoms with Gasteiger partial charge in [-0.05, 0) is 31.2 Å². The van der Waals surface area contributed by atoms with Crippen LogP contribution in [0.3, 0.4) is 0 Å². The van der Waals surface area contributed by atoms with Crippen LogP contribution >= 0.6 is 0 Å². The van der Waals surface area contributed by atoms with Crippen LogP contribution in [0.5, 0.6) is 0 Å². The van der Waals surface area contributed by atoms with Crippen LogP contribution in [0.1, 0.15) is 15.9 Å². The number of piperazine rings is 1. The first-order valence-corrected chi connectivity index (χ1v) is 8.16. The predicted octanol–water partition coefficient (Wildman–Crippen LogP) is 1.81. The summed E-state index contributed by atoms with van der Waals surface area (Å²) in [7, 11) is 3.89. The van der Waals surface area contributed by atoms with Crippen molar-refractivity contribution in [3.05, 3.63) is 47.5 Å². The average molecular weight is 325 g/mol. The van der Waals surface area contributed by atoms with Crippen molar-refractivity contribution in [2.24, 2.45) is 0 Å². The van der Waals surface area contributed by atoms with Gasteiger partial charge in [0.2, 0.25) is 0 Å². The molecule has 0 saturated carbocycles. The van der Waals surface area contributed by atoms with E-state index in [1.165, 1.54) is 0 Å². The van der Waals surface area contributed by atoms with E-state index in [-0.39, 0.29) is 5.91 Å². The van der Waals surface area contributed by atoms with Crippen LogP contribution in [0.25, 0.3) is 0 Å². The Bertz CT molecular complexity index is 688. The normalized spacial score (nSPS) is 14.6. The highest BCUT2D eigenvalue weighted by Crippen LogP contribution is 2.16. The fourth-order valence-electron chi connectivity index (χ4n) is 2.74. The molecule has 1 aliphatic heterocycles. The number of carbonyl (C=O) groups is 1. The SMILES string of the molecule is Cc1ccc(C(=O)N2CCN(c3ccc(N(C)C)nn3)CC2)cc1. The third-order valence-corrected chi connectivity index (χ3v) is 4.28. The van der Waals surface area contributed by atoms with Crippen LogP contribution in [-0.2, 0) is 0 Å². The Labute approximate surface area is 142 Å². The van der Waals surface area contributed by atoms with Gasteiger partial charge in [-0.15, -0.1) is 10.2 Å². The fourth-order valence-corrected chi connectivity index (χ4v) is 2.74. The quantitative estimate of drug-likeness (QED) is 0.861. The molecule has 0 spiro atoms. The van der Waals surface area contributed by atoms with Gasteiger partial charge in [0.05, 0.1) is 0 Å². The van der Waals surface area contributed by atoms with Crippen LogP contribution in [0.15, 0.2) is 36.4 Å². The molecule has 1 saturated heterocycles. The molecule has 0 radical (unpaired) electrons. The summed E-state index contributed by atoms with van der Waals surface area (Å²) in [6, 6.07) is 11.7. The van der Waals surface area contributed by atoms with Gasteiger partial charge >= 0.3 is 0 Å². The molecule has 1 aromatic carbocycles. The minimum atomic E-state index is 0.101. The number of aryl methyl sites for hydroxylation is 1. The first-order valence-electron chi connectivity index (χ1n) is 8.16. The minimum Gasteiger partial charge on any atom is -0.361 e. The largest absolute Gasteiger partial charge is 0.361 e. The second-order valence-electron chi connectivity index (χ2n) is 6.29. The summed E-state index contributed by atoms with van der Waals surface area (Å²) in [5, 5.41) is 8.51. The number of hydrogen-bond acceptors (Lipinski definition) is 5. The molecule has 0 bridgehead atoms. The van der Waals surface area contributed by atoms with E-state index in [2.05, 4.69) is 15.1 Å². The molecule has 24 heavy (non-hydrogen) atoms. The zero-order valence-electron chi connectivity index (χ0n) is 14.4. The lowest BCUT2D eigenvalue weighted by molar-refractivity contribution is 0.0746. The molecule has 1 aliphatic rings. The lowest BCUT2D eigenvalue weighted by atomic mass is 10.1. The topological polar surface area (TPSA) is 52.6 Å². The molecule has 1 amide bonds. The Balaban J connectivity index is 1.61. The number of benzene rings is 1. The molecule has 6 heteroatoms. The van der Waals surface area contributed by atoms with E-state index >= 15 is 0 Å². The molecule has 0 N–H and O–H groups in total. The van der Waals surface area contributed by atoms with Gasteiger partial charge < -0.3 is 14.7 Å². The van der Waals surface area contributed by atoms with Crippen LogP contribution in [-0.4, -0.2) is 61.3 Å². The number of nitrogens with zero attached hydrogens (tertiary/aromatic N) is 5. The highest BCUT2D eigenvalue weighted by molar-refractivity contribution is 5.94. The molecule has 126 valence electrons. The molecule has 1 fully saturated rings. The maximum Gasteiger partial charge on any atom is 0.253 e. The van der Waals surface area contributed by atoms with E-state index in [1.54, 1.807) is 0 Å². The number of hydrogen-bond donors (Lipinski definition) is 0. The first-order chi connectivity index (χ1) is 11.5. The van der Waals surface area contributed by atoms with E-state index < -0.39 is 0 Å². The molecule has 0 unspecified atom stereocenters. The molecular weight excluding hydrogens is 302 g/mol. The molecule has 3 rings (SSSR count). The maximum atomic E-state index is 12.5. The second-order valence-corrected chi connectivity index (χ2v) is 6.29. The van der Waals surface area contributed by atoms with Crippen molar-refractivity contribution in [1.82, 2.24) is 15.1 Å². The van der Waals surface area contributed by atoms with Crippen LogP contribution < -0.4 is 9.80 Å². The molecule has 2 aromatic rings. The summed E-state index contributed by atoms with van der Waals surface area (Å²) in [4.78, 5) is 18.6. The highest BCUT2D eigenvalue weighted by Gasteiger charge is 2.23. The van der Waals surface area contributed by atoms with Gasteiger partial charge in [0, 0.05) is 45.8 Å². The van der Waals surface area contributed by atoms with E-state index in [0.717, 1.165) is 35.9 Å². The van der Waals surface area contributed by atoms with Crippen LogP contribution in [0.4, 0.5) is 11.6 Å². The zero-order valence-corrected chi connectivity index (χ0v) is 14.4. The smallest absolute Gasteiger partial charge is 0.253 e. The van der Waals surface area contributed by atoms with Gasteiger partial charge in [0.1, 0.15) is 0 Å². The highest BCUT2D eigenvalue weighted by atomic mass is 16.2. The lowest BCUT2D eigenvalue weighted by Gasteiger charge is -2.35. The number of anilines is 2. The van der Waals surface area contributed by atoms with Crippen molar-refractivity contribution >= 4 is 17.5 Å². The van der Waals surface area contributed by atoms with Crippen molar-refractivity contribution in [2.75, 3.05) is 50.1 Å². The van der Waals surface area contributed by atoms with Gasteiger partial charge in [-0.1, -0.05) is 17.7 Å². The Hall–Kier alpha value is -2.63. The van der Waals surface area contributed by atoms with Crippen molar-refractivity contribution in [3.63, 3.8) is 0 Å².